The Balaban J connectivity index is 1.44. The number of nitrogens with zero attached hydrogens (tertiary/aromatic N) is 3. The number of piperazine rings is 1. The maximum atomic E-state index is 12.8. The maximum absolute atomic E-state index is 12.8. The monoisotopic (exact) mass is 363 g/mol. The van der Waals surface area contributed by atoms with Gasteiger partial charge in [-0.15, -0.1) is 0 Å². The van der Waals surface area contributed by atoms with Gasteiger partial charge in [-0.1, -0.05) is 18.2 Å². The van der Waals surface area contributed by atoms with Crippen LogP contribution in [0.15, 0.2) is 46.9 Å². The Kier molecular flexibility index (Phi) is 4.39. The van der Waals surface area contributed by atoms with Crippen molar-refractivity contribution in [1.82, 2.24) is 14.8 Å². The molecule has 0 N–H and O–H groups in total. The van der Waals surface area contributed by atoms with Crippen molar-refractivity contribution in [3.8, 4) is 0 Å². The molecule has 1 aromatic heterocycles. The smallest absolute Gasteiger partial charge is 0.254 e. The summed E-state index contributed by atoms with van der Waals surface area (Å²) >= 11 is 0. The SMILES string of the molecule is Cc1nc2ccc(C(=O)N3CCN(C(=O)c4ccccc4C)CC3)cc2o1. The van der Waals surface area contributed by atoms with Crippen molar-refractivity contribution in [2.24, 2.45) is 0 Å². The fraction of sp³-hybridized carbons (Fsp3) is 0.286. The van der Waals surface area contributed by atoms with Crippen LogP contribution in [0.1, 0.15) is 32.2 Å². The zero-order chi connectivity index (χ0) is 19.0. The first kappa shape index (κ1) is 17.3. The molecule has 2 aromatic carbocycles. The Hall–Kier alpha value is -3.15. The van der Waals surface area contributed by atoms with Gasteiger partial charge in [0.15, 0.2) is 11.5 Å². The number of amides is 2. The molecule has 6 nitrogen and oxygen atoms in total. The second-order valence-electron chi connectivity index (χ2n) is 6.81. The summed E-state index contributed by atoms with van der Waals surface area (Å²) in [7, 11) is 0. The van der Waals surface area contributed by atoms with E-state index in [0.29, 0.717) is 43.2 Å². The maximum Gasteiger partial charge on any atom is 0.254 e. The summed E-state index contributed by atoms with van der Waals surface area (Å²) < 4.78 is 5.52. The van der Waals surface area contributed by atoms with Crippen molar-refractivity contribution < 1.29 is 14.0 Å². The first-order valence-electron chi connectivity index (χ1n) is 9.04. The van der Waals surface area contributed by atoms with Crippen molar-refractivity contribution in [3.05, 3.63) is 65.0 Å². The van der Waals surface area contributed by atoms with Crippen LogP contribution in [-0.2, 0) is 0 Å². The summed E-state index contributed by atoms with van der Waals surface area (Å²) in [5.74, 6) is 0.561. The Morgan fingerprint density at radius 3 is 2.30 bits per heavy atom. The van der Waals surface area contributed by atoms with Crippen molar-refractivity contribution in [2.45, 2.75) is 13.8 Å². The molecule has 0 radical (unpaired) electrons. The molecule has 1 saturated heterocycles. The Morgan fingerprint density at radius 2 is 1.59 bits per heavy atom. The molecule has 1 aliphatic heterocycles. The molecule has 4 rings (SSSR count). The number of aryl methyl sites for hydroxylation is 2. The minimum atomic E-state index is -0.0473. The van der Waals surface area contributed by atoms with Crippen molar-refractivity contribution in [3.63, 3.8) is 0 Å². The summed E-state index contributed by atoms with van der Waals surface area (Å²) in [4.78, 5) is 33.4. The lowest BCUT2D eigenvalue weighted by Crippen LogP contribution is -2.50. The van der Waals surface area contributed by atoms with Crippen LogP contribution in [0, 0.1) is 13.8 Å². The van der Waals surface area contributed by atoms with Crippen LogP contribution in [0.25, 0.3) is 11.1 Å². The van der Waals surface area contributed by atoms with E-state index in [0.717, 1.165) is 16.6 Å². The number of rotatable bonds is 2. The van der Waals surface area contributed by atoms with Crippen LogP contribution in [0.5, 0.6) is 0 Å². The predicted octanol–water partition coefficient (Wildman–Crippen LogP) is 3.04. The highest BCUT2D eigenvalue weighted by Gasteiger charge is 2.26. The van der Waals surface area contributed by atoms with E-state index in [4.69, 9.17) is 4.42 Å². The van der Waals surface area contributed by atoms with Gasteiger partial charge in [0.25, 0.3) is 11.8 Å². The molecule has 2 amide bonds. The van der Waals surface area contributed by atoms with E-state index in [2.05, 4.69) is 4.98 Å². The van der Waals surface area contributed by atoms with Crippen LogP contribution in [0.2, 0.25) is 0 Å². The fourth-order valence-electron chi connectivity index (χ4n) is 3.45. The molecule has 1 fully saturated rings. The third-order valence-corrected chi connectivity index (χ3v) is 4.97. The summed E-state index contributed by atoms with van der Waals surface area (Å²) in [5, 5.41) is 0. The number of hydrogen-bond donors (Lipinski definition) is 0. The highest BCUT2D eigenvalue weighted by molar-refractivity contribution is 5.98. The average Bonchev–Trinajstić information content (AvgIpc) is 3.06. The average molecular weight is 363 g/mol. The molecule has 0 atom stereocenters. The van der Waals surface area contributed by atoms with Gasteiger partial charge in [0.05, 0.1) is 0 Å². The molecule has 2 heterocycles. The molecule has 0 spiro atoms. The molecule has 27 heavy (non-hydrogen) atoms. The Morgan fingerprint density at radius 1 is 0.926 bits per heavy atom. The van der Waals surface area contributed by atoms with Crippen LogP contribution < -0.4 is 0 Å². The summed E-state index contributed by atoms with van der Waals surface area (Å²) in [6.07, 6.45) is 0. The quantitative estimate of drug-likeness (QED) is 0.702. The molecular weight excluding hydrogens is 342 g/mol. The number of oxazole rings is 1. The highest BCUT2D eigenvalue weighted by atomic mass is 16.3. The van der Waals surface area contributed by atoms with E-state index in [1.165, 1.54) is 0 Å². The van der Waals surface area contributed by atoms with Gasteiger partial charge in [-0.2, -0.15) is 0 Å². The van der Waals surface area contributed by atoms with Gasteiger partial charge in [-0.25, -0.2) is 4.98 Å². The standard InChI is InChI=1S/C21H21N3O3/c1-14-5-3-4-6-17(14)21(26)24-11-9-23(10-12-24)20(25)16-7-8-18-19(13-16)27-15(2)22-18/h3-8,13H,9-12H2,1-2H3. The number of hydrogen-bond acceptors (Lipinski definition) is 4. The van der Waals surface area contributed by atoms with E-state index in [-0.39, 0.29) is 11.8 Å². The van der Waals surface area contributed by atoms with Crippen molar-refractivity contribution >= 4 is 22.9 Å². The molecule has 0 bridgehead atoms. The number of carbonyl (C=O) groups is 2. The second-order valence-corrected chi connectivity index (χ2v) is 6.81. The Labute approximate surface area is 157 Å². The molecule has 0 aliphatic carbocycles. The number of aromatic nitrogens is 1. The zero-order valence-corrected chi connectivity index (χ0v) is 15.4. The van der Waals surface area contributed by atoms with E-state index in [1.807, 2.05) is 36.1 Å². The minimum Gasteiger partial charge on any atom is -0.441 e. The molecule has 1 aliphatic rings. The second kappa shape index (κ2) is 6.87. The first-order valence-corrected chi connectivity index (χ1v) is 9.04. The topological polar surface area (TPSA) is 66.7 Å². The van der Waals surface area contributed by atoms with Gasteiger partial charge < -0.3 is 14.2 Å². The van der Waals surface area contributed by atoms with Gasteiger partial charge in [-0.05, 0) is 36.8 Å². The van der Waals surface area contributed by atoms with Gasteiger partial charge in [-0.3, -0.25) is 9.59 Å². The third kappa shape index (κ3) is 3.30. The van der Waals surface area contributed by atoms with Gasteiger partial charge in [0, 0.05) is 44.2 Å². The van der Waals surface area contributed by atoms with E-state index in [9.17, 15) is 9.59 Å². The lowest BCUT2D eigenvalue weighted by Gasteiger charge is -2.35. The highest BCUT2D eigenvalue weighted by Crippen LogP contribution is 2.19. The molecule has 3 aromatic rings. The lowest BCUT2D eigenvalue weighted by atomic mass is 10.1. The summed E-state index contributed by atoms with van der Waals surface area (Å²) in [6, 6.07) is 12.9. The lowest BCUT2D eigenvalue weighted by molar-refractivity contribution is 0.0535. The Bertz CT molecular complexity index is 1020. The molecule has 0 saturated carbocycles. The van der Waals surface area contributed by atoms with Crippen LogP contribution in [0.4, 0.5) is 0 Å². The molecular formula is C21H21N3O3. The number of benzene rings is 2. The minimum absolute atomic E-state index is 0.0266. The largest absolute Gasteiger partial charge is 0.441 e. The molecule has 138 valence electrons. The predicted molar refractivity (Wildman–Crippen MR) is 102 cm³/mol. The van der Waals surface area contributed by atoms with Crippen LogP contribution in [0.3, 0.4) is 0 Å². The molecule has 6 heteroatoms. The number of fused-ring (bicyclic) bond motifs is 1. The van der Waals surface area contributed by atoms with E-state index < -0.39 is 0 Å². The fourth-order valence-corrected chi connectivity index (χ4v) is 3.45. The summed E-state index contributed by atoms with van der Waals surface area (Å²) in [5.41, 5.74) is 3.64. The van der Waals surface area contributed by atoms with Gasteiger partial charge in [0.1, 0.15) is 5.52 Å². The normalized spacial score (nSPS) is 14.6. The van der Waals surface area contributed by atoms with Crippen LogP contribution >= 0.6 is 0 Å². The van der Waals surface area contributed by atoms with Crippen LogP contribution in [-0.4, -0.2) is 52.8 Å². The van der Waals surface area contributed by atoms with Gasteiger partial charge in [0.2, 0.25) is 0 Å². The zero-order valence-electron chi connectivity index (χ0n) is 15.4. The van der Waals surface area contributed by atoms with E-state index in [1.54, 1.807) is 30.0 Å². The first-order chi connectivity index (χ1) is 13.0. The third-order valence-electron chi connectivity index (χ3n) is 4.97. The summed E-state index contributed by atoms with van der Waals surface area (Å²) in [6.45, 7) is 5.82. The van der Waals surface area contributed by atoms with E-state index >= 15 is 0 Å². The van der Waals surface area contributed by atoms with Crippen molar-refractivity contribution in [2.75, 3.05) is 26.2 Å². The number of carbonyl (C=O) groups excluding carboxylic acids is 2. The molecule has 0 unspecified atom stereocenters. The van der Waals surface area contributed by atoms with Crippen molar-refractivity contribution in [1.29, 1.82) is 0 Å². The van der Waals surface area contributed by atoms with Gasteiger partial charge >= 0.3 is 0 Å².